The number of benzene rings is 3. The standard InChI is InChI=1S/C25H21N3O6/c29-21-13-12-19(14-22(21)30)23(31)26-15-20(25(33)28-34)27-24(32)18-10-8-17(9-11-18)7-6-16-4-2-1-3-5-16/h1-5,8-14,20,29-30,34H,15H2,(H,26,31)(H,27,32)(H,28,33). The Kier molecular flexibility index (Phi) is 7.84. The molecular formula is C25H21N3O6. The molecule has 0 fully saturated rings. The second kappa shape index (κ2) is 11.2. The number of aromatic hydroxyl groups is 2. The molecule has 0 aromatic heterocycles. The zero-order chi connectivity index (χ0) is 24.5. The Bertz CT molecular complexity index is 1250. The minimum absolute atomic E-state index is 0.0250. The van der Waals surface area contributed by atoms with E-state index in [1.54, 1.807) is 12.1 Å². The van der Waals surface area contributed by atoms with Crippen molar-refractivity contribution in [3.63, 3.8) is 0 Å². The van der Waals surface area contributed by atoms with Crippen molar-refractivity contribution in [2.24, 2.45) is 0 Å². The molecule has 0 aliphatic rings. The molecule has 1 atom stereocenters. The fraction of sp³-hybridized carbons (Fsp3) is 0.0800. The number of nitrogens with one attached hydrogen (secondary N) is 3. The summed E-state index contributed by atoms with van der Waals surface area (Å²) < 4.78 is 0. The smallest absolute Gasteiger partial charge is 0.267 e. The number of hydrogen-bond donors (Lipinski definition) is 6. The van der Waals surface area contributed by atoms with Crippen LogP contribution in [0, 0.1) is 11.8 Å². The van der Waals surface area contributed by atoms with Crippen molar-refractivity contribution in [1.82, 2.24) is 16.1 Å². The van der Waals surface area contributed by atoms with Gasteiger partial charge in [-0.25, -0.2) is 5.48 Å². The summed E-state index contributed by atoms with van der Waals surface area (Å²) in [6, 6.07) is 18.0. The Morgan fingerprint density at radius 3 is 2.00 bits per heavy atom. The first-order valence-electron chi connectivity index (χ1n) is 10.1. The number of phenols is 2. The number of phenolic OH excluding ortho intramolecular Hbond substituents is 2. The van der Waals surface area contributed by atoms with Crippen LogP contribution in [0.3, 0.4) is 0 Å². The molecule has 0 bridgehead atoms. The largest absolute Gasteiger partial charge is 0.504 e. The van der Waals surface area contributed by atoms with E-state index in [4.69, 9.17) is 5.21 Å². The molecule has 6 N–H and O–H groups in total. The van der Waals surface area contributed by atoms with E-state index in [1.165, 1.54) is 23.7 Å². The molecule has 0 aliphatic carbocycles. The van der Waals surface area contributed by atoms with E-state index in [2.05, 4.69) is 22.5 Å². The van der Waals surface area contributed by atoms with Crippen LogP contribution in [0.2, 0.25) is 0 Å². The lowest BCUT2D eigenvalue weighted by molar-refractivity contribution is -0.131. The third-order valence-electron chi connectivity index (χ3n) is 4.71. The predicted octanol–water partition coefficient (Wildman–Crippen LogP) is 1.53. The molecule has 3 rings (SSSR count). The van der Waals surface area contributed by atoms with Crippen molar-refractivity contribution in [3.8, 4) is 23.3 Å². The maximum absolute atomic E-state index is 12.6. The predicted molar refractivity (Wildman–Crippen MR) is 122 cm³/mol. The number of rotatable bonds is 6. The van der Waals surface area contributed by atoms with Gasteiger partial charge < -0.3 is 20.8 Å². The van der Waals surface area contributed by atoms with Crippen LogP contribution >= 0.6 is 0 Å². The van der Waals surface area contributed by atoms with Crippen LogP contribution in [0.4, 0.5) is 0 Å². The van der Waals surface area contributed by atoms with Crippen molar-refractivity contribution in [2.75, 3.05) is 6.54 Å². The average molecular weight is 459 g/mol. The highest BCUT2D eigenvalue weighted by molar-refractivity contribution is 5.98. The zero-order valence-corrected chi connectivity index (χ0v) is 17.8. The van der Waals surface area contributed by atoms with Crippen LogP contribution in [0.1, 0.15) is 31.8 Å². The Hall–Kier alpha value is -4.81. The Morgan fingerprint density at radius 1 is 0.765 bits per heavy atom. The Balaban J connectivity index is 1.63. The zero-order valence-electron chi connectivity index (χ0n) is 17.8. The molecule has 0 heterocycles. The normalized spacial score (nSPS) is 10.9. The van der Waals surface area contributed by atoms with Gasteiger partial charge in [0.05, 0.1) is 0 Å². The molecule has 3 aromatic carbocycles. The molecule has 0 radical (unpaired) electrons. The van der Waals surface area contributed by atoms with E-state index in [0.717, 1.165) is 17.7 Å². The molecular weight excluding hydrogens is 438 g/mol. The second-order valence-corrected chi connectivity index (χ2v) is 7.11. The van der Waals surface area contributed by atoms with Crippen LogP contribution < -0.4 is 16.1 Å². The lowest BCUT2D eigenvalue weighted by Crippen LogP contribution is -2.52. The van der Waals surface area contributed by atoms with Crippen LogP contribution in [-0.4, -0.2) is 45.7 Å². The van der Waals surface area contributed by atoms with Crippen molar-refractivity contribution in [3.05, 3.63) is 95.1 Å². The minimum Gasteiger partial charge on any atom is -0.504 e. The Labute approximate surface area is 195 Å². The topological polar surface area (TPSA) is 148 Å². The van der Waals surface area contributed by atoms with Crippen LogP contribution in [0.25, 0.3) is 0 Å². The summed E-state index contributed by atoms with van der Waals surface area (Å²) in [5, 5.41) is 32.7. The maximum atomic E-state index is 12.6. The van der Waals surface area contributed by atoms with Gasteiger partial charge in [-0.2, -0.15) is 0 Å². The number of carbonyl (C=O) groups is 3. The quantitative estimate of drug-likeness (QED) is 0.143. The molecule has 0 spiro atoms. The summed E-state index contributed by atoms with van der Waals surface area (Å²) >= 11 is 0. The summed E-state index contributed by atoms with van der Waals surface area (Å²) in [4.78, 5) is 36.8. The average Bonchev–Trinajstić information content (AvgIpc) is 2.87. The van der Waals surface area contributed by atoms with Gasteiger partial charge in [-0.1, -0.05) is 30.0 Å². The van der Waals surface area contributed by atoms with Crippen LogP contribution in [-0.2, 0) is 4.79 Å². The molecule has 3 amide bonds. The van der Waals surface area contributed by atoms with Gasteiger partial charge in [-0.3, -0.25) is 19.6 Å². The van der Waals surface area contributed by atoms with E-state index in [0.29, 0.717) is 5.56 Å². The molecule has 34 heavy (non-hydrogen) atoms. The number of amides is 3. The molecule has 0 saturated heterocycles. The first-order chi connectivity index (χ1) is 16.4. The summed E-state index contributed by atoms with van der Waals surface area (Å²) in [6.45, 7) is -0.348. The van der Waals surface area contributed by atoms with Gasteiger partial charge in [0.25, 0.3) is 17.7 Å². The number of hydroxylamine groups is 1. The Morgan fingerprint density at radius 2 is 1.38 bits per heavy atom. The summed E-state index contributed by atoms with van der Waals surface area (Å²) in [6.07, 6.45) is 0. The number of carbonyl (C=O) groups excluding carboxylic acids is 3. The van der Waals surface area contributed by atoms with E-state index < -0.39 is 35.3 Å². The van der Waals surface area contributed by atoms with E-state index in [9.17, 15) is 24.6 Å². The highest BCUT2D eigenvalue weighted by Gasteiger charge is 2.22. The van der Waals surface area contributed by atoms with Crippen LogP contribution in [0.5, 0.6) is 11.5 Å². The summed E-state index contributed by atoms with van der Waals surface area (Å²) in [7, 11) is 0. The van der Waals surface area contributed by atoms with Crippen molar-refractivity contribution in [2.45, 2.75) is 6.04 Å². The molecule has 3 aromatic rings. The summed E-state index contributed by atoms with van der Waals surface area (Å²) in [5.74, 6) is 2.92. The van der Waals surface area contributed by atoms with Crippen molar-refractivity contribution < 1.29 is 29.8 Å². The minimum atomic E-state index is -1.29. The highest BCUT2D eigenvalue weighted by atomic mass is 16.5. The highest BCUT2D eigenvalue weighted by Crippen LogP contribution is 2.24. The van der Waals surface area contributed by atoms with Gasteiger partial charge in [0.1, 0.15) is 6.04 Å². The molecule has 1 unspecified atom stereocenters. The van der Waals surface area contributed by atoms with E-state index in [-0.39, 0.29) is 17.7 Å². The lowest BCUT2D eigenvalue weighted by atomic mass is 10.1. The van der Waals surface area contributed by atoms with Gasteiger partial charge in [0.2, 0.25) is 0 Å². The molecule has 172 valence electrons. The lowest BCUT2D eigenvalue weighted by Gasteiger charge is -2.17. The molecule has 9 heteroatoms. The first-order valence-corrected chi connectivity index (χ1v) is 10.1. The second-order valence-electron chi connectivity index (χ2n) is 7.11. The van der Waals surface area contributed by atoms with E-state index in [1.807, 2.05) is 30.3 Å². The van der Waals surface area contributed by atoms with Gasteiger partial charge in [0, 0.05) is 28.8 Å². The van der Waals surface area contributed by atoms with E-state index >= 15 is 0 Å². The third-order valence-corrected chi connectivity index (χ3v) is 4.71. The fourth-order valence-electron chi connectivity index (χ4n) is 2.86. The maximum Gasteiger partial charge on any atom is 0.267 e. The molecule has 0 saturated carbocycles. The fourth-order valence-corrected chi connectivity index (χ4v) is 2.86. The van der Waals surface area contributed by atoms with Crippen molar-refractivity contribution in [1.29, 1.82) is 0 Å². The molecule has 9 nitrogen and oxygen atoms in total. The van der Waals surface area contributed by atoms with Gasteiger partial charge >= 0.3 is 0 Å². The summed E-state index contributed by atoms with van der Waals surface area (Å²) in [5.41, 5.74) is 3.26. The van der Waals surface area contributed by atoms with Crippen molar-refractivity contribution >= 4 is 17.7 Å². The van der Waals surface area contributed by atoms with Crippen LogP contribution in [0.15, 0.2) is 72.8 Å². The van der Waals surface area contributed by atoms with Gasteiger partial charge in [-0.05, 0) is 54.6 Å². The third kappa shape index (κ3) is 6.35. The monoisotopic (exact) mass is 459 g/mol. The van der Waals surface area contributed by atoms with Gasteiger partial charge in [0.15, 0.2) is 11.5 Å². The first kappa shape index (κ1) is 23.8. The SMILES string of the molecule is O=C(NCC(NC(=O)c1ccc(C#Cc2ccccc2)cc1)C(=O)NO)c1ccc(O)c(O)c1. The number of hydrogen-bond acceptors (Lipinski definition) is 6. The molecule has 0 aliphatic heterocycles. The van der Waals surface area contributed by atoms with Gasteiger partial charge in [-0.15, -0.1) is 0 Å².